The van der Waals surface area contributed by atoms with E-state index < -0.39 is 0 Å². The molecule has 1 heterocycles. The molecular formula is C5H6BN3. The Kier molecular flexibility index (Phi) is 1.67. The number of hydrogen-bond acceptors (Lipinski definition) is 3. The van der Waals surface area contributed by atoms with Gasteiger partial charge >= 0.3 is 0 Å². The van der Waals surface area contributed by atoms with Crippen molar-refractivity contribution in [3.63, 3.8) is 0 Å². The van der Waals surface area contributed by atoms with Crippen molar-refractivity contribution in [2.24, 2.45) is 0 Å². The molecule has 9 heavy (non-hydrogen) atoms. The second-order valence-corrected chi connectivity index (χ2v) is 1.73. The Hall–Kier alpha value is -1.06. The first-order valence-electron chi connectivity index (χ1n) is 2.59. The molecule has 0 spiro atoms. The molecule has 0 fully saturated rings. The van der Waals surface area contributed by atoms with E-state index in [1.54, 1.807) is 6.20 Å². The van der Waals surface area contributed by atoms with Crippen LogP contribution in [0.1, 0.15) is 5.69 Å². The molecule has 1 N–H and O–H groups in total. The van der Waals surface area contributed by atoms with Crippen molar-refractivity contribution in [2.45, 2.75) is 6.92 Å². The van der Waals surface area contributed by atoms with E-state index >= 15 is 0 Å². The third-order valence-corrected chi connectivity index (χ3v) is 0.943. The van der Waals surface area contributed by atoms with Crippen LogP contribution in [0.4, 0.5) is 5.69 Å². The highest BCUT2D eigenvalue weighted by Gasteiger charge is 1.87. The van der Waals surface area contributed by atoms with Crippen molar-refractivity contribution in [3.8, 4) is 0 Å². The van der Waals surface area contributed by atoms with Crippen LogP contribution < -0.4 is 5.23 Å². The van der Waals surface area contributed by atoms with Gasteiger partial charge in [0.15, 0.2) is 0 Å². The SMILES string of the molecule is [B]Nc1cnnc(C)c1. The van der Waals surface area contributed by atoms with Crippen LogP contribution >= 0.6 is 0 Å². The molecule has 2 radical (unpaired) electrons. The summed E-state index contributed by atoms with van der Waals surface area (Å²) in [6.07, 6.45) is 1.56. The number of nitrogens with one attached hydrogen (secondary N) is 1. The third kappa shape index (κ3) is 1.42. The molecule has 1 aromatic rings. The quantitative estimate of drug-likeness (QED) is 0.539. The van der Waals surface area contributed by atoms with Gasteiger partial charge in [-0.1, -0.05) is 0 Å². The van der Waals surface area contributed by atoms with Crippen LogP contribution in [0.5, 0.6) is 0 Å². The zero-order chi connectivity index (χ0) is 6.69. The Bertz CT molecular complexity index is 201. The molecule has 0 saturated heterocycles. The standard InChI is InChI=1S/C5H6BN3/c1-4-2-5(8-6)3-7-9-4/h2-3H,1H3,(H,8,9). The Morgan fingerprint density at radius 3 is 2.89 bits per heavy atom. The predicted molar refractivity (Wildman–Crippen MR) is 36.1 cm³/mol. The number of anilines is 1. The van der Waals surface area contributed by atoms with Gasteiger partial charge in [0.05, 0.1) is 11.9 Å². The van der Waals surface area contributed by atoms with Crippen LogP contribution in [0.25, 0.3) is 0 Å². The summed E-state index contributed by atoms with van der Waals surface area (Å²) in [4.78, 5) is 0. The first kappa shape index (κ1) is 6.07. The van der Waals surface area contributed by atoms with Crippen LogP contribution in [0.15, 0.2) is 12.3 Å². The summed E-state index contributed by atoms with van der Waals surface area (Å²) in [6, 6.07) is 1.81. The van der Waals surface area contributed by atoms with Gasteiger partial charge in [0.1, 0.15) is 0 Å². The summed E-state index contributed by atoms with van der Waals surface area (Å²) in [5, 5.41) is 9.87. The Morgan fingerprint density at radius 2 is 2.44 bits per heavy atom. The smallest absolute Gasteiger partial charge is 0.222 e. The zero-order valence-corrected chi connectivity index (χ0v) is 5.13. The van der Waals surface area contributed by atoms with Crippen LogP contribution in [0.3, 0.4) is 0 Å². The van der Waals surface area contributed by atoms with Gasteiger partial charge < -0.3 is 5.23 Å². The van der Waals surface area contributed by atoms with Crippen LogP contribution in [-0.4, -0.2) is 18.2 Å². The van der Waals surface area contributed by atoms with E-state index in [9.17, 15) is 0 Å². The van der Waals surface area contributed by atoms with Crippen molar-refractivity contribution in [1.29, 1.82) is 0 Å². The van der Waals surface area contributed by atoms with Gasteiger partial charge in [0.2, 0.25) is 7.98 Å². The van der Waals surface area contributed by atoms with Crippen molar-refractivity contribution in [2.75, 3.05) is 5.23 Å². The van der Waals surface area contributed by atoms with E-state index in [0.717, 1.165) is 11.4 Å². The molecule has 0 aliphatic heterocycles. The minimum atomic E-state index is 0.780. The second kappa shape index (κ2) is 2.48. The van der Waals surface area contributed by atoms with Gasteiger partial charge in [0, 0.05) is 5.69 Å². The fourth-order valence-corrected chi connectivity index (χ4v) is 0.552. The summed E-state index contributed by atoms with van der Waals surface area (Å²) in [5.41, 5.74) is 1.63. The van der Waals surface area contributed by atoms with Crippen LogP contribution in [0.2, 0.25) is 0 Å². The molecule has 1 rings (SSSR count). The molecule has 44 valence electrons. The number of aryl methyl sites for hydroxylation is 1. The number of aromatic nitrogens is 2. The topological polar surface area (TPSA) is 37.8 Å². The summed E-state index contributed by atoms with van der Waals surface area (Å²) in [5.74, 6) is 0. The van der Waals surface area contributed by atoms with Gasteiger partial charge in [-0.2, -0.15) is 10.2 Å². The first-order valence-corrected chi connectivity index (χ1v) is 2.59. The normalized spacial score (nSPS) is 9.00. The molecule has 0 unspecified atom stereocenters. The Morgan fingerprint density at radius 1 is 1.67 bits per heavy atom. The van der Waals surface area contributed by atoms with Crippen LogP contribution in [0, 0.1) is 6.92 Å². The maximum Gasteiger partial charge on any atom is 0.222 e. The summed E-state index contributed by atoms with van der Waals surface area (Å²) in [7, 11) is 5.10. The zero-order valence-electron chi connectivity index (χ0n) is 5.13. The lowest BCUT2D eigenvalue weighted by Gasteiger charge is -1.96. The van der Waals surface area contributed by atoms with E-state index in [1.165, 1.54) is 0 Å². The van der Waals surface area contributed by atoms with Gasteiger partial charge in [-0.3, -0.25) is 0 Å². The van der Waals surface area contributed by atoms with E-state index in [1.807, 2.05) is 13.0 Å². The van der Waals surface area contributed by atoms with Gasteiger partial charge in [-0.25, -0.2) is 0 Å². The largest absolute Gasteiger partial charge is 0.436 e. The summed E-state index contributed by atoms with van der Waals surface area (Å²) in [6.45, 7) is 1.86. The lowest BCUT2D eigenvalue weighted by molar-refractivity contribution is 0.984. The third-order valence-electron chi connectivity index (χ3n) is 0.943. The maximum absolute atomic E-state index is 5.10. The Labute approximate surface area is 54.9 Å². The molecule has 4 heteroatoms. The molecule has 0 aliphatic carbocycles. The molecule has 3 nitrogen and oxygen atoms in total. The minimum absolute atomic E-state index is 0.780. The van der Waals surface area contributed by atoms with E-state index in [2.05, 4.69) is 15.4 Å². The van der Waals surface area contributed by atoms with Gasteiger partial charge in [-0.15, -0.1) is 0 Å². The highest BCUT2D eigenvalue weighted by Crippen LogP contribution is 2.01. The lowest BCUT2D eigenvalue weighted by atomic mass is 10.3. The van der Waals surface area contributed by atoms with Crippen molar-refractivity contribution < 1.29 is 0 Å². The van der Waals surface area contributed by atoms with Crippen molar-refractivity contribution in [1.82, 2.24) is 10.2 Å². The fraction of sp³-hybridized carbons (Fsp3) is 0.200. The minimum Gasteiger partial charge on any atom is -0.436 e. The summed E-state index contributed by atoms with van der Waals surface area (Å²) >= 11 is 0. The van der Waals surface area contributed by atoms with Gasteiger partial charge in [0.25, 0.3) is 0 Å². The van der Waals surface area contributed by atoms with E-state index in [-0.39, 0.29) is 0 Å². The summed E-state index contributed by atoms with van der Waals surface area (Å²) < 4.78 is 0. The lowest BCUT2D eigenvalue weighted by Crippen LogP contribution is -1.93. The molecule has 0 aromatic carbocycles. The maximum atomic E-state index is 5.10. The molecular weight excluding hydrogens is 113 g/mol. The number of rotatable bonds is 1. The monoisotopic (exact) mass is 119 g/mol. The second-order valence-electron chi connectivity index (χ2n) is 1.73. The Balaban J connectivity index is 2.94. The average molecular weight is 119 g/mol. The fourth-order valence-electron chi connectivity index (χ4n) is 0.552. The highest BCUT2D eigenvalue weighted by molar-refractivity contribution is 6.15. The average Bonchev–Trinajstić information content (AvgIpc) is 1.88. The van der Waals surface area contributed by atoms with E-state index in [4.69, 9.17) is 7.98 Å². The molecule has 1 aromatic heterocycles. The van der Waals surface area contributed by atoms with Gasteiger partial charge in [-0.05, 0) is 13.0 Å². The van der Waals surface area contributed by atoms with Crippen molar-refractivity contribution >= 4 is 13.7 Å². The number of nitrogens with zero attached hydrogens (tertiary/aromatic N) is 2. The molecule has 0 aliphatic rings. The van der Waals surface area contributed by atoms with Crippen molar-refractivity contribution in [3.05, 3.63) is 18.0 Å². The molecule has 0 bridgehead atoms. The first-order chi connectivity index (χ1) is 4.33. The molecule has 0 saturated carbocycles. The molecule has 0 atom stereocenters. The van der Waals surface area contributed by atoms with E-state index in [0.29, 0.717) is 0 Å². The highest BCUT2D eigenvalue weighted by atomic mass is 15.1. The predicted octanol–water partition coefficient (Wildman–Crippen LogP) is 0.280. The molecule has 0 amide bonds. The number of hydrogen-bond donors (Lipinski definition) is 1. The van der Waals surface area contributed by atoms with Crippen LogP contribution in [-0.2, 0) is 0 Å².